The minimum absolute atomic E-state index is 0.0406. The fraction of sp³-hybridized carbons (Fsp3) is 0. The molecule has 0 atom stereocenters. The highest BCUT2D eigenvalue weighted by Gasteiger charge is 2.11. The zero-order valence-electron chi connectivity index (χ0n) is 10.4. The van der Waals surface area contributed by atoms with Crippen LogP contribution in [-0.4, -0.2) is 4.98 Å². The van der Waals surface area contributed by atoms with E-state index in [1.807, 2.05) is 36.4 Å². The van der Waals surface area contributed by atoms with Crippen LogP contribution in [0.15, 0.2) is 63.8 Å². The van der Waals surface area contributed by atoms with Crippen LogP contribution < -0.4 is 5.43 Å². The Labute approximate surface area is 118 Å². The van der Waals surface area contributed by atoms with Gasteiger partial charge in [0.15, 0.2) is 16.2 Å². The van der Waals surface area contributed by atoms with Crippen molar-refractivity contribution in [3.8, 4) is 10.8 Å². The van der Waals surface area contributed by atoms with Crippen molar-refractivity contribution >= 4 is 32.5 Å². The van der Waals surface area contributed by atoms with Crippen molar-refractivity contribution in [1.82, 2.24) is 4.98 Å². The maximum atomic E-state index is 12.1. The predicted octanol–water partition coefficient (Wildman–Crippen LogP) is 4.07. The van der Waals surface area contributed by atoms with E-state index in [-0.39, 0.29) is 5.43 Å². The van der Waals surface area contributed by atoms with Gasteiger partial charge in [-0.2, -0.15) is 0 Å². The first kappa shape index (κ1) is 11.4. The molecule has 0 amide bonds. The molecule has 0 unspecified atom stereocenters. The lowest BCUT2D eigenvalue weighted by atomic mass is 10.2. The molecule has 0 aliphatic heterocycles. The molecule has 4 heteroatoms. The number of aromatic nitrogens is 1. The largest absolute Gasteiger partial charge is 0.453 e. The minimum atomic E-state index is -0.0406. The molecule has 2 heterocycles. The van der Waals surface area contributed by atoms with E-state index in [1.165, 1.54) is 17.4 Å². The Bertz CT molecular complexity index is 951. The van der Waals surface area contributed by atoms with E-state index in [2.05, 4.69) is 4.98 Å². The Kier molecular flexibility index (Phi) is 2.44. The van der Waals surface area contributed by atoms with Gasteiger partial charge < -0.3 is 4.42 Å². The molecule has 0 spiro atoms. The molecular formula is C16H9NO2S. The molecule has 4 aromatic rings. The highest BCUT2D eigenvalue weighted by molar-refractivity contribution is 7.21. The molecule has 0 N–H and O–H groups in total. The van der Waals surface area contributed by atoms with Gasteiger partial charge in [0.25, 0.3) is 0 Å². The topological polar surface area (TPSA) is 43.1 Å². The molecule has 2 aromatic heterocycles. The van der Waals surface area contributed by atoms with Crippen LogP contribution in [0.2, 0.25) is 0 Å². The van der Waals surface area contributed by atoms with Crippen LogP contribution in [0.1, 0.15) is 0 Å². The Morgan fingerprint density at radius 1 is 1.00 bits per heavy atom. The number of thiazole rings is 1. The number of benzene rings is 2. The third-order valence-electron chi connectivity index (χ3n) is 3.14. The Balaban J connectivity index is 1.99. The maximum Gasteiger partial charge on any atom is 0.193 e. The van der Waals surface area contributed by atoms with Gasteiger partial charge in [0.1, 0.15) is 5.58 Å². The Morgan fingerprint density at radius 3 is 2.70 bits per heavy atom. The average Bonchev–Trinajstić information content (AvgIpc) is 2.91. The number of fused-ring (bicyclic) bond motifs is 2. The normalized spacial score (nSPS) is 11.2. The van der Waals surface area contributed by atoms with E-state index in [0.29, 0.717) is 16.7 Å². The summed E-state index contributed by atoms with van der Waals surface area (Å²) in [4.78, 5) is 16.6. The minimum Gasteiger partial charge on any atom is -0.453 e. The highest BCUT2D eigenvalue weighted by atomic mass is 32.1. The summed E-state index contributed by atoms with van der Waals surface area (Å²) in [7, 11) is 0. The van der Waals surface area contributed by atoms with Crippen molar-refractivity contribution in [3.63, 3.8) is 0 Å². The summed E-state index contributed by atoms with van der Waals surface area (Å²) in [5.41, 5.74) is 1.47. The predicted molar refractivity (Wildman–Crippen MR) is 81.1 cm³/mol. The summed E-state index contributed by atoms with van der Waals surface area (Å²) < 4.78 is 6.89. The SMILES string of the molecule is O=c1cc(-c2nc3ccccc3s2)oc2ccccc12. The molecule has 0 radical (unpaired) electrons. The monoisotopic (exact) mass is 279 g/mol. The van der Waals surface area contributed by atoms with Gasteiger partial charge in [-0.1, -0.05) is 24.3 Å². The van der Waals surface area contributed by atoms with Gasteiger partial charge in [0.2, 0.25) is 0 Å². The lowest BCUT2D eigenvalue weighted by Gasteiger charge is -1.99. The van der Waals surface area contributed by atoms with Crippen molar-refractivity contribution in [2.45, 2.75) is 0 Å². The van der Waals surface area contributed by atoms with Crippen molar-refractivity contribution in [2.24, 2.45) is 0 Å². The van der Waals surface area contributed by atoms with E-state index in [4.69, 9.17) is 4.42 Å². The third-order valence-corrected chi connectivity index (χ3v) is 4.19. The molecule has 20 heavy (non-hydrogen) atoms. The summed E-state index contributed by atoms with van der Waals surface area (Å²) >= 11 is 1.52. The van der Waals surface area contributed by atoms with Crippen LogP contribution in [0.5, 0.6) is 0 Å². The van der Waals surface area contributed by atoms with E-state index < -0.39 is 0 Å². The smallest absolute Gasteiger partial charge is 0.193 e. The summed E-state index contributed by atoms with van der Waals surface area (Å²) in [5.74, 6) is 0.523. The molecule has 0 bridgehead atoms. The fourth-order valence-corrected chi connectivity index (χ4v) is 3.11. The number of para-hydroxylation sites is 2. The lowest BCUT2D eigenvalue weighted by Crippen LogP contribution is -1.99. The highest BCUT2D eigenvalue weighted by Crippen LogP contribution is 2.30. The van der Waals surface area contributed by atoms with Crippen molar-refractivity contribution in [3.05, 3.63) is 64.8 Å². The van der Waals surface area contributed by atoms with Crippen molar-refractivity contribution in [1.29, 1.82) is 0 Å². The molecule has 96 valence electrons. The van der Waals surface area contributed by atoms with Crippen LogP contribution in [0.25, 0.3) is 32.0 Å². The van der Waals surface area contributed by atoms with Gasteiger partial charge in [-0.3, -0.25) is 4.79 Å². The van der Waals surface area contributed by atoms with Crippen LogP contribution in [0.4, 0.5) is 0 Å². The van der Waals surface area contributed by atoms with E-state index in [0.717, 1.165) is 15.2 Å². The van der Waals surface area contributed by atoms with Crippen LogP contribution >= 0.6 is 11.3 Å². The zero-order valence-corrected chi connectivity index (χ0v) is 11.2. The first-order valence-corrected chi connectivity index (χ1v) is 7.02. The van der Waals surface area contributed by atoms with Gasteiger partial charge >= 0.3 is 0 Å². The molecule has 0 aliphatic carbocycles. The van der Waals surface area contributed by atoms with E-state index >= 15 is 0 Å². The quantitative estimate of drug-likeness (QED) is 0.527. The standard InChI is InChI=1S/C16H9NO2S/c18-12-9-14(19-13-7-3-1-5-10(12)13)16-17-11-6-2-4-8-15(11)20-16/h1-9H. The molecule has 0 saturated carbocycles. The third kappa shape index (κ3) is 1.73. The summed E-state index contributed by atoms with van der Waals surface area (Å²) in [6.45, 7) is 0. The first-order valence-electron chi connectivity index (χ1n) is 6.20. The van der Waals surface area contributed by atoms with E-state index in [1.54, 1.807) is 12.1 Å². The second-order valence-electron chi connectivity index (χ2n) is 4.46. The first-order chi connectivity index (χ1) is 9.81. The lowest BCUT2D eigenvalue weighted by molar-refractivity contribution is 0.618. The molecule has 2 aromatic carbocycles. The van der Waals surface area contributed by atoms with Gasteiger partial charge in [-0.25, -0.2) is 4.98 Å². The molecular weight excluding hydrogens is 270 g/mol. The second kappa shape index (κ2) is 4.28. The van der Waals surface area contributed by atoms with E-state index in [9.17, 15) is 4.79 Å². The van der Waals surface area contributed by atoms with Gasteiger partial charge in [-0.05, 0) is 24.3 Å². The second-order valence-corrected chi connectivity index (χ2v) is 5.49. The Hall–Kier alpha value is -2.46. The zero-order chi connectivity index (χ0) is 13.5. The molecule has 0 fully saturated rings. The number of rotatable bonds is 1. The molecule has 4 rings (SSSR count). The van der Waals surface area contributed by atoms with Crippen molar-refractivity contribution in [2.75, 3.05) is 0 Å². The maximum absolute atomic E-state index is 12.1. The Morgan fingerprint density at radius 2 is 1.80 bits per heavy atom. The molecule has 3 nitrogen and oxygen atoms in total. The van der Waals surface area contributed by atoms with Crippen LogP contribution in [0.3, 0.4) is 0 Å². The average molecular weight is 279 g/mol. The van der Waals surface area contributed by atoms with Crippen molar-refractivity contribution < 1.29 is 4.42 Å². The molecule has 0 aliphatic rings. The van der Waals surface area contributed by atoms with Crippen LogP contribution in [-0.2, 0) is 0 Å². The van der Waals surface area contributed by atoms with Crippen LogP contribution in [0, 0.1) is 0 Å². The number of hydrogen-bond acceptors (Lipinski definition) is 4. The van der Waals surface area contributed by atoms with Gasteiger partial charge in [-0.15, -0.1) is 11.3 Å². The summed E-state index contributed by atoms with van der Waals surface area (Å²) in [5, 5.41) is 1.33. The summed E-state index contributed by atoms with van der Waals surface area (Å²) in [6.07, 6.45) is 0. The summed E-state index contributed by atoms with van der Waals surface area (Å²) in [6, 6.07) is 16.6. The fourth-order valence-electron chi connectivity index (χ4n) is 2.19. The number of nitrogens with zero attached hydrogens (tertiary/aromatic N) is 1. The van der Waals surface area contributed by atoms with Gasteiger partial charge in [0.05, 0.1) is 15.6 Å². The van der Waals surface area contributed by atoms with Gasteiger partial charge in [0, 0.05) is 6.07 Å². The molecule has 0 saturated heterocycles. The number of hydrogen-bond donors (Lipinski definition) is 0.